The average molecular weight is 338 g/mol. The predicted octanol–water partition coefficient (Wildman–Crippen LogP) is 5.19. The lowest BCUT2D eigenvalue weighted by molar-refractivity contribution is 0.281. The van der Waals surface area contributed by atoms with Crippen LogP contribution in [0.3, 0.4) is 0 Å². The maximum absolute atomic E-state index is 5.26. The van der Waals surface area contributed by atoms with Crippen molar-refractivity contribution in [3.8, 4) is 5.75 Å². The highest BCUT2D eigenvalue weighted by Gasteiger charge is 2.22. The van der Waals surface area contributed by atoms with Gasteiger partial charge >= 0.3 is 0 Å². The molecule has 0 aliphatic heterocycles. The van der Waals surface area contributed by atoms with E-state index < -0.39 is 0 Å². The number of methoxy groups -OCH3 is 1. The minimum absolute atomic E-state index is 0.572. The molecule has 0 aromatic heterocycles. The first kappa shape index (κ1) is 18.0. The fourth-order valence-corrected chi connectivity index (χ4v) is 4.00. The molecule has 3 atom stereocenters. The number of ether oxygens (including phenoxy) is 1. The smallest absolute Gasteiger partial charge is 0.118 e. The summed E-state index contributed by atoms with van der Waals surface area (Å²) in [4.78, 5) is 0. The van der Waals surface area contributed by atoms with Gasteiger partial charge in [0.05, 0.1) is 7.11 Å². The molecule has 1 saturated carbocycles. The molecular weight excluding hydrogens is 306 g/mol. The monoisotopic (exact) mass is 337 g/mol. The molecule has 2 aromatic carbocycles. The molecule has 134 valence electrons. The van der Waals surface area contributed by atoms with Gasteiger partial charge in [-0.3, -0.25) is 0 Å². The number of benzene rings is 2. The molecule has 1 N–H and O–H groups in total. The summed E-state index contributed by atoms with van der Waals surface area (Å²) in [6, 6.07) is 20.1. The van der Waals surface area contributed by atoms with E-state index in [1.807, 2.05) is 0 Å². The lowest BCUT2D eigenvalue weighted by atomic mass is 9.82. The fraction of sp³-hybridized carbons (Fsp3) is 0.478. The molecule has 2 heteroatoms. The normalized spacial score (nSPS) is 21.7. The molecule has 0 bridgehead atoms. The Hall–Kier alpha value is -1.80. The molecule has 1 aliphatic rings. The third-order valence-corrected chi connectivity index (χ3v) is 5.55. The Bertz CT molecular complexity index is 622. The summed E-state index contributed by atoms with van der Waals surface area (Å²) in [5.74, 6) is 2.32. The number of hydrogen-bond donors (Lipinski definition) is 1. The van der Waals surface area contributed by atoms with Crippen molar-refractivity contribution in [1.82, 2.24) is 5.32 Å². The van der Waals surface area contributed by atoms with Crippen LogP contribution in [-0.4, -0.2) is 19.7 Å². The lowest BCUT2D eigenvalue weighted by Gasteiger charge is -2.31. The zero-order valence-corrected chi connectivity index (χ0v) is 15.6. The summed E-state index contributed by atoms with van der Waals surface area (Å²) in [5.41, 5.74) is 2.87. The molecule has 0 spiro atoms. The highest BCUT2D eigenvalue weighted by atomic mass is 16.5. The van der Waals surface area contributed by atoms with Crippen molar-refractivity contribution < 1.29 is 4.74 Å². The minimum Gasteiger partial charge on any atom is -0.497 e. The van der Waals surface area contributed by atoms with Gasteiger partial charge in [0.25, 0.3) is 0 Å². The molecule has 0 unspecified atom stereocenters. The summed E-state index contributed by atoms with van der Waals surface area (Å²) in [5, 5.41) is 3.83. The van der Waals surface area contributed by atoms with Crippen LogP contribution in [0.4, 0.5) is 0 Å². The van der Waals surface area contributed by atoms with Crippen LogP contribution in [-0.2, 0) is 6.42 Å². The lowest BCUT2D eigenvalue weighted by Crippen LogP contribution is -2.36. The minimum atomic E-state index is 0.572. The maximum Gasteiger partial charge on any atom is 0.118 e. The van der Waals surface area contributed by atoms with Crippen LogP contribution in [0.5, 0.6) is 5.75 Å². The highest BCUT2D eigenvalue weighted by molar-refractivity contribution is 5.27. The molecule has 1 aliphatic carbocycles. The van der Waals surface area contributed by atoms with Crippen molar-refractivity contribution in [2.45, 2.75) is 51.0 Å². The van der Waals surface area contributed by atoms with Crippen molar-refractivity contribution in [2.24, 2.45) is 5.92 Å². The van der Waals surface area contributed by atoms with Gasteiger partial charge in [-0.1, -0.05) is 62.2 Å². The van der Waals surface area contributed by atoms with Crippen LogP contribution in [0.25, 0.3) is 0 Å². The van der Waals surface area contributed by atoms with Gasteiger partial charge in [0.1, 0.15) is 5.75 Å². The Labute approximate surface area is 152 Å². The SMILES string of the molecule is COc1ccc(C[C@H]2CCC[C@@H](NC[C@H](C)c3ccccc3)C2)cc1. The fourth-order valence-electron chi connectivity index (χ4n) is 4.00. The van der Waals surface area contributed by atoms with E-state index in [1.54, 1.807) is 7.11 Å². The molecule has 25 heavy (non-hydrogen) atoms. The van der Waals surface area contributed by atoms with Crippen LogP contribution < -0.4 is 10.1 Å². The van der Waals surface area contributed by atoms with E-state index in [1.165, 1.54) is 43.2 Å². The predicted molar refractivity (Wildman–Crippen MR) is 105 cm³/mol. The standard InChI is InChI=1S/C23H31NO/c1-18(21-8-4-3-5-9-21)17-24-22-10-6-7-20(16-22)15-19-11-13-23(25-2)14-12-19/h3-5,8-9,11-14,18,20,22,24H,6-7,10,15-17H2,1-2H3/t18-,20+,22+/m0/s1. The third kappa shape index (κ3) is 5.34. The maximum atomic E-state index is 5.26. The molecular formula is C23H31NO. The summed E-state index contributed by atoms with van der Waals surface area (Å²) in [7, 11) is 1.73. The van der Waals surface area contributed by atoms with Crippen molar-refractivity contribution in [3.63, 3.8) is 0 Å². The van der Waals surface area contributed by atoms with Gasteiger partial charge in [0, 0.05) is 12.6 Å². The summed E-state index contributed by atoms with van der Waals surface area (Å²) >= 11 is 0. The van der Waals surface area contributed by atoms with E-state index in [2.05, 4.69) is 66.8 Å². The topological polar surface area (TPSA) is 21.3 Å². The second-order valence-electron chi connectivity index (χ2n) is 7.50. The Balaban J connectivity index is 1.47. The van der Waals surface area contributed by atoms with Crippen LogP contribution in [0.1, 0.15) is 49.7 Å². The Morgan fingerprint density at radius 1 is 1.04 bits per heavy atom. The number of hydrogen-bond acceptors (Lipinski definition) is 2. The Kier molecular flexibility index (Phi) is 6.52. The van der Waals surface area contributed by atoms with Crippen LogP contribution in [0.2, 0.25) is 0 Å². The van der Waals surface area contributed by atoms with E-state index in [9.17, 15) is 0 Å². The first-order chi connectivity index (χ1) is 12.2. The second kappa shape index (κ2) is 9.05. The zero-order valence-electron chi connectivity index (χ0n) is 15.6. The van der Waals surface area contributed by atoms with E-state index in [4.69, 9.17) is 4.74 Å². The second-order valence-corrected chi connectivity index (χ2v) is 7.50. The van der Waals surface area contributed by atoms with Gasteiger partial charge in [-0.05, 0) is 54.4 Å². The van der Waals surface area contributed by atoms with Crippen LogP contribution in [0.15, 0.2) is 54.6 Å². The van der Waals surface area contributed by atoms with Gasteiger partial charge < -0.3 is 10.1 Å². The van der Waals surface area contributed by atoms with Crippen molar-refractivity contribution in [3.05, 3.63) is 65.7 Å². The molecule has 0 amide bonds. The van der Waals surface area contributed by atoms with Crippen molar-refractivity contribution in [1.29, 1.82) is 0 Å². The van der Waals surface area contributed by atoms with E-state index in [-0.39, 0.29) is 0 Å². The third-order valence-electron chi connectivity index (χ3n) is 5.55. The quantitative estimate of drug-likeness (QED) is 0.751. The molecule has 3 rings (SSSR count). The Morgan fingerprint density at radius 3 is 2.52 bits per heavy atom. The number of nitrogens with one attached hydrogen (secondary N) is 1. The first-order valence-electron chi connectivity index (χ1n) is 9.66. The zero-order chi connectivity index (χ0) is 17.5. The van der Waals surface area contributed by atoms with Gasteiger partial charge in [-0.2, -0.15) is 0 Å². The van der Waals surface area contributed by atoms with E-state index in [0.29, 0.717) is 12.0 Å². The first-order valence-corrected chi connectivity index (χ1v) is 9.66. The summed E-state index contributed by atoms with van der Waals surface area (Å²) in [6.45, 7) is 3.39. The molecule has 0 saturated heterocycles. The van der Waals surface area contributed by atoms with Gasteiger partial charge in [-0.25, -0.2) is 0 Å². The molecule has 0 radical (unpaired) electrons. The van der Waals surface area contributed by atoms with Crippen LogP contribution >= 0.6 is 0 Å². The van der Waals surface area contributed by atoms with Crippen molar-refractivity contribution >= 4 is 0 Å². The molecule has 1 fully saturated rings. The summed E-state index contributed by atoms with van der Waals surface area (Å²) in [6.07, 6.45) is 6.52. The average Bonchev–Trinajstić information content (AvgIpc) is 2.68. The van der Waals surface area contributed by atoms with E-state index in [0.717, 1.165) is 18.2 Å². The molecule has 0 heterocycles. The number of rotatable bonds is 7. The summed E-state index contributed by atoms with van der Waals surface area (Å²) < 4.78 is 5.26. The van der Waals surface area contributed by atoms with E-state index >= 15 is 0 Å². The van der Waals surface area contributed by atoms with Gasteiger partial charge in [0.2, 0.25) is 0 Å². The van der Waals surface area contributed by atoms with Crippen LogP contribution in [0, 0.1) is 5.92 Å². The largest absolute Gasteiger partial charge is 0.497 e. The Morgan fingerprint density at radius 2 is 1.80 bits per heavy atom. The highest BCUT2D eigenvalue weighted by Crippen LogP contribution is 2.28. The van der Waals surface area contributed by atoms with Gasteiger partial charge in [-0.15, -0.1) is 0 Å². The van der Waals surface area contributed by atoms with Crippen molar-refractivity contribution in [2.75, 3.05) is 13.7 Å². The molecule has 2 aromatic rings. The molecule has 2 nitrogen and oxygen atoms in total. The van der Waals surface area contributed by atoms with Gasteiger partial charge in [0.15, 0.2) is 0 Å².